The van der Waals surface area contributed by atoms with Crippen LogP contribution in [0.2, 0.25) is 0 Å². The standard InChI is InChI=1S/C19H20N6.C2H6/c1-14-3-5-15(6-4-14)17-11-16(12-20)18-21-19(22-25(18)13-17)24-9-7-23(2)8-10-24;1-2/h3-6,11,13H,7-10H2,1-2H3;1-2H3. The molecule has 3 heterocycles. The van der Waals surface area contributed by atoms with Gasteiger partial charge < -0.3 is 9.80 Å². The predicted molar refractivity (Wildman–Crippen MR) is 109 cm³/mol. The predicted octanol–water partition coefficient (Wildman–Crippen LogP) is 3.35. The highest BCUT2D eigenvalue weighted by Gasteiger charge is 2.19. The van der Waals surface area contributed by atoms with E-state index in [0.29, 0.717) is 17.2 Å². The summed E-state index contributed by atoms with van der Waals surface area (Å²) in [6.45, 7) is 9.86. The number of fused-ring (bicyclic) bond motifs is 1. The fraction of sp³-hybridized carbons (Fsp3) is 0.381. The van der Waals surface area contributed by atoms with Crippen molar-refractivity contribution in [1.82, 2.24) is 19.5 Å². The highest BCUT2D eigenvalue weighted by atomic mass is 15.4. The molecule has 1 aliphatic rings. The number of aromatic nitrogens is 3. The minimum Gasteiger partial charge on any atom is -0.337 e. The quantitative estimate of drug-likeness (QED) is 0.700. The molecule has 0 spiro atoms. The monoisotopic (exact) mass is 362 g/mol. The van der Waals surface area contributed by atoms with Gasteiger partial charge in [-0.15, -0.1) is 5.10 Å². The van der Waals surface area contributed by atoms with Gasteiger partial charge in [0.15, 0.2) is 5.65 Å². The number of anilines is 1. The van der Waals surface area contributed by atoms with Crippen LogP contribution < -0.4 is 4.90 Å². The van der Waals surface area contributed by atoms with E-state index in [0.717, 1.165) is 37.3 Å². The number of piperazine rings is 1. The molecule has 0 bridgehead atoms. The second kappa shape index (κ2) is 8.19. The molecule has 0 unspecified atom stereocenters. The Labute approximate surface area is 160 Å². The summed E-state index contributed by atoms with van der Waals surface area (Å²) in [4.78, 5) is 9.09. The maximum absolute atomic E-state index is 9.55. The normalized spacial score (nSPS) is 14.6. The van der Waals surface area contributed by atoms with Crippen molar-refractivity contribution in [2.75, 3.05) is 38.1 Å². The third kappa shape index (κ3) is 3.93. The van der Waals surface area contributed by atoms with E-state index in [4.69, 9.17) is 0 Å². The summed E-state index contributed by atoms with van der Waals surface area (Å²) in [5, 5.41) is 14.2. The lowest BCUT2D eigenvalue weighted by Gasteiger charge is -2.31. The van der Waals surface area contributed by atoms with Crippen molar-refractivity contribution in [1.29, 1.82) is 5.26 Å². The van der Waals surface area contributed by atoms with Crippen LogP contribution in [0.3, 0.4) is 0 Å². The van der Waals surface area contributed by atoms with Crippen molar-refractivity contribution in [3.05, 3.63) is 47.7 Å². The number of hydrogen-bond acceptors (Lipinski definition) is 5. The first kappa shape index (κ1) is 18.9. The number of rotatable bonds is 2. The molecule has 0 radical (unpaired) electrons. The van der Waals surface area contributed by atoms with E-state index in [2.05, 4.69) is 64.2 Å². The fourth-order valence-electron chi connectivity index (χ4n) is 3.10. The first-order valence-electron chi connectivity index (χ1n) is 9.45. The highest BCUT2D eigenvalue weighted by molar-refractivity contribution is 5.70. The number of nitriles is 1. The zero-order chi connectivity index (χ0) is 19.4. The lowest BCUT2D eigenvalue weighted by atomic mass is 10.0. The molecule has 2 aromatic heterocycles. The third-order valence-corrected chi connectivity index (χ3v) is 4.71. The second-order valence-corrected chi connectivity index (χ2v) is 6.59. The Morgan fingerprint density at radius 1 is 1.00 bits per heavy atom. The molecule has 27 heavy (non-hydrogen) atoms. The van der Waals surface area contributed by atoms with Gasteiger partial charge in [0.05, 0.1) is 5.56 Å². The number of hydrogen-bond donors (Lipinski definition) is 0. The van der Waals surface area contributed by atoms with Gasteiger partial charge in [0.1, 0.15) is 6.07 Å². The molecular weight excluding hydrogens is 336 g/mol. The van der Waals surface area contributed by atoms with Crippen LogP contribution >= 0.6 is 0 Å². The molecular formula is C21H26N6. The average molecular weight is 362 g/mol. The summed E-state index contributed by atoms with van der Waals surface area (Å²) in [7, 11) is 2.12. The summed E-state index contributed by atoms with van der Waals surface area (Å²) < 4.78 is 1.74. The van der Waals surface area contributed by atoms with Gasteiger partial charge in [0.2, 0.25) is 5.95 Å². The summed E-state index contributed by atoms with van der Waals surface area (Å²) in [6, 6.07) is 12.4. The average Bonchev–Trinajstić information content (AvgIpc) is 3.14. The van der Waals surface area contributed by atoms with E-state index in [-0.39, 0.29) is 0 Å². The van der Waals surface area contributed by atoms with Gasteiger partial charge in [-0.1, -0.05) is 43.7 Å². The van der Waals surface area contributed by atoms with Crippen LogP contribution in [-0.4, -0.2) is 52.7 Å². The van der Waals surface area contributed by atoms with Crippen molar-refractivity contribution in [2.24, 2.45) is 0 Å². The van der Waals surface area contributed by atoms with Crippen LogP contribution in [0.4, 0.5) is 5.95 Å². The molecule has 0 aliphatic carbocycles. The van der Waals surface area contributed by atoms with Crippen LogP contribution in [0.15, 0.2) is 36.5 Å². The molecule has 6 nitrogen and oxygen atoms in total. The minimum atomic E-state index is 0.547. The Morgan fingerprint density at radius 2 is 1.67 bits per heavy atom. The summed E-state index contributed by atoms with van der Waals surface area (Å²) in [5.41, 5.74) is 4.42. The highest BCUT2D eigenvalue weighted by Crippen LogP contribution is 2.24. The second-order valence-electron chi connectivity index (χ2n) is 6.59. The van der Waals surface area contributed by atoms with Crippen LogP contribution in [0.1, 0.15) is 25.0 Å². The molecule has 1 aliphatic heterocycles. The largest absolute Gasteiger partial charge is 0.337 e. The van der Waals surface area contributed by atoms with E-state index in [1.54, 1.807) is 4.52 Å². The Balaban J connectivity index is 0.00000102. The molecule has 1 fully saturated rings. The Morgan fingerprint density at radius 3 is 2.30 bits per heavy atom. The molecule has 1 aromatic carbocycles. The minimum absolute atomic E-state index is 0.547. The SMILES string of the molecule is CC.Cc1ccc(-c2cc(C#N)c3nc(N4CCN(C)CC4)nn3c2)cc1. The van der Waals surface area contributed by atoms with Gasteiger partial charge in [-0.2, -0.15) is 10.2 Å². The maximum atomic E-state index is 9.55. The van der Waals surface area contributed by atoms with Gasteiger partial charge in [-0.05, 0) is 25.6 Å². The van der Waals surface area contributed by atoms with E-state index < -0.39 is 0 Å². The maximum Gasteiger partial charge on any atom is 0.245 e. The first-order valence-corrected chi connectivity index (χ1v) is 9.45. The van der Waals surface area contributed by atoms with Crippen molar-refractivity contribution in [2.45, 2.75) is 20.8 Å². The van der Waals surface area contributed by atoms with Crippen molar-refractivity contribution < 1.29 is 0 Å². The van der Waals surface area contributed by atoms with Crippen molar-refractivity contribution in [3.63, 3.8) is 0 Å². The molecule has 1 saturated heterocycles. The number of likely N-dealkylation sites (N-methyl/N-ethyl adjacent to an activating group) is 1. The van der Waals surface area contributed by atoms with Crippen molar-refractivity contribution >= 4 is 11.6 Å². The van der Waals surface area contributed by atoms with E-state index in [1.807, 2.05) is 26.1 Å². The van der Waals surface area contributed by atoms with Crippen molar-refractivity contribution in [3.8, 4) is 17.2 Å². The summed E-state index contributed by atoms with van der Waals surface area (Å²) in [6.07, 6.45) is 1.95. The van der Waals surface area contributed by atoms with Gasteiger partial charge in [-0.25, -0.2) is 4.52 Å². The van der Waals surface area contributed by atoms with Gasteiger partial charge >= 0.3 is 0 Å². The van der Waals surface area contributed by atoms with Crippen LogP contribution in [0.5, 0.6) is 0 Å². The molecule has 0 atom stereocenters. The first-order chi connectivity index (χ1) is 13.1. The van der Waals surface area contributed by atoms with Crippen LogP contribution in [0.25, 0.3) is 16.8 Å². The fourth-order valence-corrected chi connectivity index (χ4v) is 3.10. The Kier molecular flexibility index (Phi) is 5.72. The Hall–Kier alpha value is -2.91. The third-order valence-electron chi connectivity index (χ3n) is 4.71. The smallest absolute Gasteiger partial charge is 0.245 e. The van der Waals surface area contributed by atoms with E-state index in [1.165, 1.54) is 5.56 Å². The lowest BCUT2D eigenvalue weighted by molar-refractivity contribution is 0.311. The summed E-state index contributed by atoms with van der Waals surface area (Å²) in [5.74, 6) is 0.700. The van der Waals surface area contributed by atoms with Crippen LogP contribution in [0, 0.1) is 18.3 Å². The lowest BCUT2D eigenvalue weighted by Crippen LogP contribution is -2.44. The molecule has 0 N–H and O–H groups in total. The number of benzene rings is 1. The molecule has 3 aromatic rings. The molecule has 140 valence electrons. The molecule has 0 amide bonds. The van der Waals surface area contributed by atoms with Gasteiger partial charge in [0, 0.05) is 37.9 Å². The topological polar surface area (TPSA) is 60.5 Å². The zero-order valence-electron chi connectivity index (χ0n) is 16.5. The van der Waals surface area contributed by atoms with Gasteiger partial charge in [0.25, 0.3) is 0 Å². The summed E-state index contributed by atoms with van der Waals surface area (Å²) >= 11 is 0. The van der Waals surface area contributed by atoms with E-state index >= 15 is 0 Å². The Bertz CT molecular complexity index is 943. The number of nitrogens with zero attached hydrogens (tertiary/aromatic N) is 6. The number of aryl methyl sites for hydroxylation is 1. The number of pyridine rings is 1. The van der Waals surface area contributed by atoms with E-state index in [9.17, 15) is 5.26 Å². The molecule has 0 saturated carbocycles. The zero-order valence-corrected chi connectivity index (χ0v) is 16.5. The van der Waals surface area contributed by atoms with Gasteiger partial charge in [-0.3, -0.25) is 0 Å². The van der Waals surface area contributed by atoms with Crippen LogP contribution in [-0.2, 0) is 0 Å². The molecule has 6 heteroatoms. The molecule has 4 rings (SSSR count).